The van der Waals surface area contributed by atoms with Crippen molar-refractivity contribution in [1.29, 1.82) is 0 Å². The first-order valence-corrected chi connectivity index (χ1v) is 3.80. The van der Waals surface area contributed by atoms with Gasteiger partial charge in [-0.1, -0.05) is 0 Å². The number of carboxylic acid groups (broad SMARTS) is 1. The van der Waals surface area contributed by atoms with Crippen LogP contribution in [0.3, 0.4) is 0 Å². The number of piperidine rings is 1. The van der Waals surface area contributed by atoms with E-state index >= 15 is 0 Å². The maximum Gasteiger partial charge on any atom is 0.320 e. The van der Waals surface area contributed by atoms with Crippen molar-refractivity contribution in [1.82, 2.24) is 5.32 Å². The molecule has 0 saturated carbocycles. The zero-order valence-corrected chi connectivity index (χ0v) is 6.82. The number of hydrogen-bond donors (Lipinski definition) is 4. The highest BCUT2D eigenvalue weighted by Gasteiger charge is 2.40. The van der Waals surface area contributed by atoms with Crippen molar-refractivity contribution in [2.75, 3.05) is 6.54 Å². The standard InChI is InChI=1S/C7H13NO4/c1-7(12)2-4(6(10)11)8-3-5(7)9/h4-5,8-9,12H,2-3H2,1H3,(H,10,11). The largest absolute Gasteiger partial charge is 0.480 e. The van der Waals surface area contributed by atoms with Crippen LogP contribution in [0.15, 0.2) is 0 Å². The SMILES string of the molecule is CC1(O)CC(C(=O)O)NCC1O. The molecule has 12 heavy (non-hydrogen) atoms. The van der Waals surface area contributed by atoms with Crippen molar-refractivity contribution in [2.24, 2.45) is 0 Å². The summed E-state index contributed by atoms with van der Waals surface area (Å²) in [6.45, 7) is 1.55. The van der Waals surface area contributed by atoms with Gasteiger partial charge in [-0.3, -0.25) is 4.79 Å². The van der Waals surface area contributed by atoms with Gasteiger partial charge in [-0.25, -0.2) is 0 Å². The number of β-amino-alcohol motifs (C(OH)–C–C–N with tert-alkyl or cyclic N) is 1. The minimum atomic E-state index is -1.30. The van der Waals surface area contributed by atoms with Crippen LogP contribution in [-0.2, 0) is 4.79 Å². The molecule has 3 unspecified atom stereocenters. The molecule has 5 nitrogen and oxygen atoms in total. The number of rotatable bonds is 1. The maximum atomic E-state index is 10.5. The first kappa shape index (κ1) is 9.44. The molecule has 1 rings (SSSR count). The van der Waals surface area contributed by atoms with E-state index in [0.717, 1.165) is 0 Å². The zero-order valence-electron chi connectivity index (χ0n) is 6.82. The molecule has 0 aromatic rings. The molecule has 3 atom stereocenters. The van der Waals surface area contributed by atoms with Gasteiger partial charge in [-0.05, 0) is 6.92 Å². The van der Waals surface area contributed by atoms with Gasteiger partial charge in [0.25, 0.3) is 0 Å². The van der Waals surface area contributed by atoms with Gasteiger partial charge < -0.3 is 20.6 Å². The molecular formula is C7H13NO4. The van der Waals surface area contributed by atoms with E-state index in [4.69, 9.17) is 5.11 Å². The lowest BCUT2D eigenvalue weighted by molar-refractivity contribution is -0.147. The van der Waals surface area contributed by atoms with E-state index in [1.54, 1.807) is 0 Å². The molecule has 0 radical (unpaired) electrons. The Morgan fingerprint density at radius 2 is 2.25 bits per heavy atom. The van der Waals surface area contributed by atoms with Gasteiger partial charge in [0.15, 0.2) is 0 Å². The van der Waals surface area contributed by atoms with E-state index < -0.39 is 23.7 Å². The number of aliphatic hydroxyl groups excluding tert-OH is 1. The zero-order chi connectivity index (χ0) is 9.35. The van der Waals surface area contributed by atoms with Crippen LogP contribution in [0.5, 0.6) is 0 Å². The smallest absolute Gasteiger partial charge is 0.320 e. The molecule has 1 aliphatic heterocycles. The van der Waals surface area contributed by atoms with Crippen molar-refractivity contribution < 1.29 is 20.1 Å². The second-order valence-corrected chi connectivity index (χ2v) is 3.38. The normalized spacial score (nSPS) is 42.6. The number of hydrogen-bond acceptors (Lipinski definition) is 4. The third-order valence-electron chi connectivity index (χ3n) is 2.19. The number of carbonyl (C=O) groups is 1. The van der Waals surface area contributed by atoms with Gasteiger partial charge in [-0.15, -0.1) is 0 Å². The van der Waals surface area contributed by atoms with Crippen LogP contribution in [0.2, 0.25) is 0 Å². The Labute approximate surface area is 70.0 Å². The van der Waals surface area contributed by atoms with E-state index in [2.05, 4.69) is 5.32 Å². The summed E-state index contributed by atoms with van der Waals surface area (Å²) in [6.07, 6.45) is -0.864. The Morgan fingerprint density at radius 3 is 2.67 bits per heavy atom. The second kappa shape index (κ2) is 3.01. The molecule has 0 aromatic heterocycles. The van der Waals surface area contributed by atoms with E-state index in [-0.39, 0.29) is 13.0 Å². The lowest BCUT2D eigenvalue weighted by Crippen LogP contribution is -2.58. The van der Waals surface area contributed by atoms with Crippen LogP contribution in [0.4, 0.5) is 0 Å². The Morgan fingerprint density at radius 1 is 1.67 bits per heavy atom. The first-order valence-electron chi connectivity index (χ1n) is 3.80. The molecule has 0 spiro atoms. The highest BCUT2D eigenvalue weighted by Crippen LogP contribution is 2.21. The molecule has 1 fully saturated rings. The predicted octanol–water partition coefficient (Wildman–Crippen LogP) is -1.46. The van der Waals surface area contributed by atoms with Gasteiger partial charge >= 0.3 is 5.97 Å². The van der Waals surface area contributed by atoms with Crippen LogP contribution >= 0.6 is 0 Å². The molecule has 1 aliphatic rings. The van der Waals surface area contributed by atoms with Crippen molar-refractivity contribution in [3.05, 3.63) is 0 Å². The van der Waals surface area contributed by atoms with Gasteiger partial charge in [0, 0.05) is 13.0 Å². The first-order chi connectivity index (χ1) is 5.43. The van der Waals surface area contributed by atoms with Crippen molar-refractivity contribution in [2.45, 2.75) is 31.1 Å². The fraction of sp³-hybridized carbons (Fsp3) is 0.857. The summed E-state index contributed by atoms with van der Waals surface area (Å²) in [5, 5.41) is 30.0. The molecule has 0 amide bonds. The molecule has 1 heterocycles. The topological polar surface area (TPSA) is 89.8 Å². The monoisotopic (exact) mass is 175 g/mol. The number of aliphatic carboxylic acids is 1. The van der Waals surface area contributed by atoms with Crippen LogP contribution in [-0.4, -0.2) is 45.6 Å². The maximum absolute atomic E-state index is 10.5. The lowest BCUT2D eigenvalue weighted by atomic mass is 9.87. The van der Waals surface area contributed by atoms with Gasteiger partial charge in [-0.2, -0.15) is 0 Å². The van der Waals surface area contributed by atoms with E-state index in [1.807, 2.05) is 0 Å². The van der Waals surface area contributed by atoms with Crippen LogP contribution < -0.4 is 5.32 Å². The van der Waals surface area contributed by atoms with Crippen molar-refractivity contribution in [3.63, 3.8) is 0 Å². The molecule has 70 valence electrons. The predicted molar refractivity (Wildman–Crippen MR) is 40.7 cm³/mol. The Balaban J connectivity index is 2.63. The van der Waals surface area contributed by atoms with E-state index in [0.29, 0.717) is 0 Å². The van der Waals surface area contributed by atoms with Crippen LogP contribution in [0.1, 0.15) is 13.3 Å². The number of nitrogens with one attached hydrogen (secondary N) is 1. The molecule has 4 N–H and O–H groups in total. The summed E-state index contributed by atoms with van der Waals surface area (Å²) in [4.78, 5) is 10.5. The van der Waals surface area contributed by atoms with E-state index in [1.165, 1.54) is 6.92 Å². The highest BCUT2D eigenvalue weighted by atomic mass is 16.4. The van der Waals surface area contributed by atoms with Crippen molar-refractivity contribution in [3.8, 4) is 0 Å². The van der Waals surface area contributed by atoms with Crippen LogP contribution in [0.25, 0.3) is 0 Å². The summed E-state index contributed by atoms with van der Waals surface area (Å²) < 4.78 is 0. The molecule has 0 aromatic carbocycles. The van der Waals surface area contributed by atoms with E-state index in [9.17, 15) is 15.0 Å². The third kappa shape index (κ3) is 1.74. The molecule has 5 heteroatoms. The molecule has 1 saturated heterocycles. The fourth-order valence-electron chi connectivity index (χ4n) is 1.27. The Hall–Kier alpha value is -0.650. The average molecular weight is 175 g/mol. The lowest BCUT2D eigenvalue weighted by Gasteiger charge is -2.37. The number of carboxylic acids is 1. The summed E-state index contributed by atoms with van der Waals surface area (Å²) >= 11 is 0. The minimum absolute atomic E-state index is 0.0312. The van der Waals surface area contributed by atoms with Gasteiger partial charge in [0.2, 0.25) is 0 Å². The summed E-state index contributed by atoms with van der Waals surface area (Å²) in [7, 11) is 0. The highest BCUT2D eigenvalue weighted by molar-refractivity contribution is 5.73. The summed E-state index contributed by atoms with van der Waals surface area (Å²) in [6, 6.07) is -0.761. The molecule has 0 bridgehead atoms. The average Bonchev–Trinajstić information content (AvgIpc) is 1.94. The quantitative estimate of drug-likeness (QED) is 0.391. The minimum Gasteiger partial charge on any atom is -0.480 e. The third-order valence-corrected chi connectivity index (χ3v) is 2.19. The summed E-state index contributed by atoms with van der Waals surface area (Å²) in [5.41, 5.74) is -1.30. The molecule has 0 aliphatic carbocycles. The molecular weight excluding hydrogens is 162 g/mol. The fourth-order valence-corrected chi connectivity index (χ4v) is 1.27. The number of aliphatic hydroxyl groups is 2. The van der Waals surface area contributed by atoms with Gasteiger partial charge in [0.1, 0.15) is 6.04 Å². The Bertz CT molecular complexity index is 192. The van der Waals surface area contributed by atoms with Gasteiger partial charge in [0.05, 0.1) is 11.7 Å². The Kier molecular flexibility index (Phi) is 2.36. The second-order valence-electron chi connectivity index (χ2n) is 3.38. The summed E-state index contributed by atoms with van der Waals surface area (Å²) in [5.74, 6) is -0.998. The van der Waals surface area contributed by atoms with Crippen molar-refractivity contribution >= 4 is 5.97 Å². The van der Waals surface area contributed by atoms with Crippen LogP contribution in [0, 0.1) is 0 Å².